The largest absolute Gasteiger partial charge is 0.396 e. The van der Waals surface area contributed by atoms with Gasteiger partial charge in [-0.3, -0.25) is 0 Å². The standard InChI is InChI=1S/C24H35N5O2/c1-3-29-23-19(14-25-29)22(27-18-7-5-4-6-8-18)21(16(2)26-23)20-13-24(31-28-20)11-9-17(15-30)10-12-24/h14,17-18,30H,3-13,15H2,1-2H3,(H,26,27). The number of fused-ring (bicyclic) bond motifs is 1. The zero-order valence-corrected chi connectivity index (χ0v) is 18.9. The molecule has 5 rings (SSSR count). The van der Waals surface area contributed by atoms with Gasteiger partial charge in [-0.1, -0.05) is 24.4 Å². The van der Waals surface area contributed by atoms with Crippen LogP contribution < -0.4 is 5.32 Å². The molecule has 2 aromatic rings. The predicted octanol–water partition coefficient (Wildman–Crippen LogP) is 4.55. The van der Waals surface area contributed by atoms with E-state index in [0.29, 0.717) is 12.0 Å². The van der Waals surface area contributed by atoms with Gasteiger partial charge < -0.3 is 15.3 Å². The summed E-state index contributed by atoms with van der Waals surface area (Å²) in [6, 6.07) is 0.486. The number of anilines is 1. The molecule has 0 bridgehead atoms. The lowest BCUT2D eigenvalue weighted by molar-refractivity contribution is -0.0582. The number of aliphatic hydroxyl groups excluding tert-OH is 1. The van der Waals surface area contributed by atoms with Gasteiger partial charge in [0.1, 0.15) is 5.60 Å². The van der Waals surface area contributed by atoms with Crippen LogP contribution in [0.1, 0.15) is 82.4 Å². The summed E-state index contributed by atoms with van der Waals surface area (Å²) >= 11 is 0. The zero-order chi connectivity index (χ0) is 21.4. The molecule has 0 saturated heterocycles. The fourth-order valence-electron chi connectivity index (χ4n) is 5.70. The van der Waals surface area contributed by atoms with Crippen molar-refractivity contribution in [1.82, 2.24) is 14.8 Å². The summed E-state index contributed by atoms with van der Waals surface area (Å²) in [4.78, 5) is 11.1. The topological polar surface area (TPSA) is 84.6 Å². The van der Waals surface area contributed by atoms with Crippen LogP contribution in [0.3, 0.4) is 0 Å². The van der Waals surface area contributed by atoms with Crippen molar-refractivity contribution >= 4 is 22.4 Å². The SMILES string of the molecule is CCn1ncc2c(NC3CCCCC3)c(C3=NOC4(CCC(CO)CC4)C3)c(C)nc21. The van der Waals surface area contributed by atoms with Gasteiger partial charge >= 0.3 is 0 Å². The number of hydrogen-bond donors (Lipinski definition) is 2. The van der Waals surface area contributed by atoms with E-state index in [4.69, 9.17) is 9.82 Å². The number of oxime groups is 1. The van der Waals surface area contributed by atoms with Crippen molar-refractivity contribution in [2.75, 3.05) is 11.9 Å². The van der Waals surface area contributed by atoms with Crippen LogP contribution in [0.2, 0.25) is 0 Å². The molecule has 2 aromatic heterocycles. The third-order valence-corrected chi connectivity index (χ3v) is 7.62. The number of aliphatic hydroxyl groups is 1. The van der Waals surface area contributed by atoms with Crippen LogP contribution in [0, 0.1) is 12.8 Å². The Morgan fingerprint density at radius 2 is 1.97 bits per heavy atom. The molecule has 31 heavy (non-hydrogen) atoms. The number of hydrogen-bond acceptors (Lipinski definition) is 6. The van der Waals surface area contributed by atoms with Crippen LogP contribution >= 0.6 is 0 Å². The maximum atomic E-state index is 9.51. The van der Waals surface area contributed by atoms with E-state index in [2.05, 4.69) is 29.4 Å². The molecule has 0 atom stereocenters. The third kappa shape index (κ3) is 3.81. The second-order valence-corrected chi connectivity index (χ2v) is 9.74. The average Bonchev–Trinajstić information content (AvgIpc) is 3.39. The summed E-state index contributed by atoms with van der Waals surface area (Å²) in [6.07, 6.45) is 13.0. The van der Waals surface area contributed by atoms with Crippen molar-refractivity contribution in [3.8, 4) is 0 Å². The van der Waals surface area contributed by atoms with Crippen LogP contribution in [0.15, 0.2) is 11.4 Å². The Kier molecular flexibility index (Phi) is 5.63. The monoisotopic (exact) mass is 425 g/mol. The van der Waals surface area contributed by atoms with Gasteiger partial charge in [0.15, 0.2) is 5.65 Å². The molecule has 0 aromatic carbocycles. The van der Waals surface area contributed by atoms with E-state index in [-0.39, 0.29) is 12.2 Å². The minimum absolute atomic E-state index is 0.210. The highest BCUT2D eigenvalue weighted by Crippen LogP contribution is 2.43. The molecule has 1 aliphatic heterocycles. The second-order valence-electron chi connectivity index (χ2n) is 9.74. The van der Waals surface area contributed by atoms with Gasteiger partial charge in [-0.15, -0.1) is 0 Å². The Labute approximate surface area is 184 Å². The second kappa shape index (κ2) is 8.41. The molecule has 0 radical (unpaired) electrons. The van der Waals surface area contributed by atoms with Gasteiger partial charge in [0.25, 0.3) is 0 Å². The van der Waals surface area contributed by atoms with Crippen molar-refractivity contribution in [2.24, 2.45) is 11.1 Å². The fraction of sp³-hybridized carbons (Fsp3) is 0.708. The summed E-state index contributed by atoms with van der Waals surface area (Å²) in [5.74, 6) is 0.404. The number of nitrogens with one attached hydrogen (secondary N) is 1. The number of aromatic nitrogens is 3. The highest BCUT2D eigenvalue weighted by atomic mass is 16.7. The molecule has 7 nitrogen and oxygen atoms in total. The molecule has 2 saturated carbocycles. The van der Waals surface area contributed by atoms with Crippen molar-refractivity contribution in [2.45, 2.75) is 96.2 Å². The summed E-state index contributed by atoms with van der Waals surface area (Å²) in [5, 5.41) is 23.7. The molecule has 2 aliphatic carbocycles. The van der Waals surface area contributed by atoms with E-state index in [1.54, 1.807) is 0 Å². The highest BCUT2D eigenvalue weighted by molar-refractivity contribution is 6.11. The Balaban J connectivity index is 1.50. The summed E-state index contributed by atoms with van der Waals surface area (Å²) < 4.78 is 1.97. The summed E-state index contributed by atoms with van der Waals surface area (Å²) in [7, 11) is 0. The first kappa shape index (κ1) is 20.7. The molecule has 7 heteroatoms. The summed E-state index contributed by atoms with van der Waals surface area (Å²) in [5.41, 5.74) is 4.98. The Morgan fingerprint density at radius 3 is 2.68 bits per heavy atom. The molecule has 3 heterocycles. The molecule has 3 aliphatic rings. The van der Waals surface area contributed by atoms with Gasteiger partial charge in [0.05, 0.1) is 28.7 Å². The van der Waals surface area contributed by atoms with Crippen LogP contribution in [0.5, 0.6) is 0 Å². The minimum atomic E-state index is -0.210. The zero-order valence-electron chi connectivity index (χ0n) is 18.9. The smallest absolute Gasteiger partial charge is 0.160 e. The van der Waals surface area contributed by atoms with E-state index in [1.807, 2.05) is 10.9 Å². The van der Waals surface area contributed by atoms with Gasteiger partial charge in [-0.05, 0) is 58.3 Å². The van der Waals surface area contributed by atoms with Gasteiger partial charge in [0.2, 0.25) is 0 Å². The van der Waals surface area contributed by atoms with E-state index in [9.17, 15) is 5.11 Å². The lowest BCUT2D eigenvalue weighted by Crippen LogP contribution is -2.35. The fourth-order valence-corrected chi connectivity index (χ4v) is 5.70. The first-order valence-electron chi connectivity index (χ1n) is 12.1. The number of nitrogens with zero attached hydrogens (tertiary/aromatic N) is 4. The van der Waals surface area contributed by atoms with E-state index in [1.165, 1.54) is 32.1 Å². The molecule has 0 unspecified atom stereocenters. The number of pyridine rings is 1. The molecular formula is C24H35N5O2. The lowest BCUT2D eigenvalue weighted by atomic mass is 9.76. The Bertz CT molecular complexity index is 968. The van der Waals surface area contributed by atoms with E-state index in [0.717, 1.165) is 72.3 Å². The van der Waals surface area contributed by atoms with Crippen molar-refractivity contribution in [3.63, 3.8) is 0 Å². The van der Waals surface area contributed by atoms with Gasteiger partial charge in [-0.25, -0.2) is 9.67 Å². The predicted molar refractivity (Wildman–Crippen MR) is 122 cm³/mol. The lowest BCUT2D eigenvalue weighted by Gasteiger charge is -2.34. The van der Waals surface area contributed by atoms with E-state index >= 15 is 0 Å². The number of rotatable bonds is 5. The van der Waals surface area contributed by atoms with Crippen molar-refractivity contribution in [1.29, 1.82) is 0 Å². The van der Waals surface area contributed by atoms with Crippen LogP contribution in [0.4, 0.5) is 5.69 Å². The molecular weight excluding hydrogens is 390 g/mol. The maximum Gasteiger partial charge on any atom is 0.160 e. The minimum Gasteiger partial charge on any atom is -0.396 e. The van der Waals surface area contributed by atoms with Crippen molar-refractivity contribution < 1.29 is 9.94 Å². The summed E-state index contributed by atoms with van der Waals surface area (Å²) in [6.45, 7) is 5.27. The van der Waals surface area contributed by atoms with E-state index < -0.39 is 0 Å². The normalized spacial score (nSPS) is 26.9. The molecule has 2 N–H and O–H groups in total. The molecule has 168 valence electrons. The van der Waals surface area contributed by atoms with Crippen LogP contribution in [-0.4, -0.2) is 43.8 Å². The molecule has 0 amide bonds. The van der Waals surface area contributed by atoms with Crippen LogP contribution in [-0.2, 0) is 11.4 Å². The Hall–Kier alpha value is -2.15. The van der Waals surface area contributed by atoms with Gasteiger partial charge in [0, 0.05) is 31.2 Å². The highest BCUT2D eigenvalue weighted by Gasteiger charge is 2.43. The van der Waals surface area contributed by atoms with Crippen LogP contribution in [0.25, 0.3) is 11.0 Å². The first-order chi connectivity index (χ1) is 15.1. The Morgan fingerprint density at radius 1 is 1.19 bits per heavy atom. The third-order valence-electron chi connectivity index (χ3n) is 7.62. The molecule has 1 spiro atoms. The van der Waals surface area contributed by atoms with Crippen molar-refractivity contribution in [3.05, 3.63) is 17.5 Å². The van der Waals surface area contributed by atoms with Gasteiger partial charge in [-0.2, -0.15) is 5.10 Å². The first-order valence-corrected chi connectivity index (χ1v) is 12.1. The number of aryl methyl sites for hydroxylation is 2. The maximum absolute atomic E-state index is 9.51. The average molecular weight is 426 g/mol. The molecule has 2 fully saturated rings. The quantitative estimate of drug-likeness (QED) is 0.734.